The number of rotatable bonds is 6. The van der Waals surface area contributed by atoms with Gasteiger partial charge >= 0.3 is 0 Å². The molecule has 3 amide bonds. The van der Waals surface area contributed by atoms with Crippen molar-refractivity contribution < 1.29 is 27.9 Å². The molecule has 1 spiro atoms. The Morgan fingerprint density at radius 3 is 2.36 bits per heavy atom. The molecular weight excluding hydrogens is 697 g/mol. The van der Waals surface area contributed by atoms with E-state index in [9.17, 15) is 23.2 Å². The summed E-state index contributed by atoms with van der Waals surface area (Å²) >= 11 is 1.21. The zero-order chi connectivity index (χ0) is 36.9. The van der Waals surface area contributed by atoms with Gasteiger partial charge < -0.3 is 25.2 Å². The molecule has 1 atom stereocenters. The fraction of sp³-hybridized carbons (Fsp3) is 0.268. The van der Waals surface area contributed by atoms with Crippen molar-refractivity contribution in [1.29, 1.82) is 0 Å². The van der Waals surface area contributed by atoms with Crippen LogP contribution in [0.1, 0.15) is 61.3 Å². The van der Waals surface area contributed by atoms with Crippen LogP contribution in [0, 0.1) is 24.0 Å². The molecule has 0 radical (unpaired) electrons. The molecule has 5 heterocycles. The smallest absolute Gasteiger partial charge is 0.265 e. The number of halogens is 2. The number of para-hydroxylation sites is 2. The Balaban J connectivity index is 0.996. The van der Waals surface area contributed by atoms with Gasteiger partial charge in [0.15, 0.2) is 0 Å². The Morgan fingerprint density at radius 1 is 0.906 bits per heavy atom. The van der Waals surface area contributed by atoms with Crippen molar-refractivity contribution in [2.75, 3.05) is 46.7 Å². The van der Waals surface area contributed by atoms with E-state index in [2.05, 4.69) is 20.5 Å². The molecule has 0 bridgehead atoms. The second-order valence-electron chi connectivity index (χ2n) is 14.1. The fourth-order valence-electron chi connectivity index (χ4n) is 7.59. The minimum Gasteiger partial charge on any atom is -0.381 e. The molecule has 2 aromatic heterocycles. The second-order valence-corrected chi connectivity index (χ2v) is 15.2. The lowest BCUT2D eigenvalue weighted by Crippen LogP contribution is -2.59. The highest BCUT2D eigenvalue weighted by molar-refractivity contribution is 7.17. The van der Waals surface area contributed by atoms with Crippen LogP contribution in [0.3, 0.4) is 0 Å². The van der Waals surface area contributed by atoms with Gasteiger partial charge in [-0.1, -0.05) is 24.3 Å². The summed E-state index contributed by atoms with van der Waals surface area (Å²) < 4.78 is 34.1. The molecule has 12 heteroatoms. The van der Waals surface area contributed by atoms with Gasteiger partial charge in [0.2, 0.25) is 0 Å². The number of aryl methyl sites for hydroxylation is 1. The molecule has 53 heavy (non-hydrogen) atoms. The molecule has 2 saturated heterocycles. The van der Waals surface area contributed by atoms with Gasteiger partial charge in [-0.2, -0.15) is 0 Å². The molecule has 8 rings (SSSR count). The number of aromatic nitrogens is 1. The Morgan fingerprint density at radius 2 is 1.62 bits per heavy atom. The zero-order valence-corrected chi connectivity index (χ0v) is 30.1. The van der Waals surface area contributed by atoms with Gasteiger partial charge in [0.1, 0.15) is 23.1 Å². The maximum absolute atomic E-state index is 14.3. The van der Waals surface area contributed by atoms with E-state index in [-0.39, 0.29) is 23.3 Å². The third-order valence-corrected chi connectivity index (χ3v) is 11.6. The number of ether oxygens (including phenoxy) is 1. The number of anilines is 4. The Kier molecular flexibility index (Phi) is 9.03. The number of hydrogen-bond donors (Lipinski definition) is 2. The molecule has 2 fully saturated rings. The number of carbonyl (C=O) groups excluding carboxylic acids is 3. The van der Waals surface area contributed by atoms with Crippen molar-refractivity contribution in [2.24, 2.45) is 5.41 Å². The normalized spacial score (nSPS) is 17.3. The first kappa shape index (κ1) is 34.6. The van der Waals surface area contributed by atoms with Crippen LogP contribution in [-0.4, -0.2) is 55.1 Å². The SMILES string of the molecule is Cc1cnc(N2CC3(CCOCC3)C2)c(C(=O)Nc2ccc(C(=O)N3c4ccccc4-c4sc(C(=O)Nc5c(F)cccc5F)cc4C[C@H]3C)cc2)c1. The van der Waals surface area contributed by atoms with Gasteiger partial charge in [-0.15, -0.1) is 11.3 Å². The highest BCUT2D eigenvalue weighted by Crippen LogP contribution is 2.44. The van der Waals surface area contributed by atoms with E-state index in [4.69, 9.17) is 4.74 Å². The Bertz CT molecular complexity index is 2220. The first-order chi connectivity index (χ1) is 25.6. The topological polar surface area (TPSA) is 104 Å². The lowest BCUT2D eigenvalue weighted by molar-refractivity contribution is -0.000511. The van der Waals surface area contributed by atoms with E-state index >= 15 is 0 Å². The average molecular weight is 734 g/mol. The van der Waals surface area contributed by atoms with Gasteiger partial charge in [-0.25, -0.2) is 13.8 Å². The number of thiophene rings is 1. The third kappa shape index (κ3) is 6.57. The van der Waals surface area contributed by atoms with E-state index in [1.165, 1.54) is 17.4 Å². The molecule has 0 unspecified atom stereocenters. The quantitative estimate of drug-likeness (QED) is 0.183. The van der Waals surface area contributed by atoms with Crippen molar-refractivity contribution in [3.05, 3.63) is 124 Å². The van der Waals surface area contributed by atoms with E-state index in [1.807, 2.05) is 44.2 Å². The van der Waals surface area contributed by atoms with Crippen molar-refractivity contribution in [3.8, 4) is 10.4 Å². The number of nitrogens with one attached hydrogen (secondary N) is 2. The van der Waals surface area contributed by atoms with Crippen molar-refractivity contribution in [1.82, 2.24) is 4.98 Å². The van der Waals surface area contributed by atoms with Crippen molar-refractivity contribution in [2.45, 2.75) is 39.2 Å². The van der Waals surface area contributed by atoms with Gasteiger partial charge in [-0.3, -0.25) is 14.4 Å². The molecule has 5 aromatic rings. The molecule has 3 aliphatic rings. The lowest BCUT2D eigenvalue weighted by atomic mass is 9.73. The van der Waals surface area contributed by atoms with Gasteiger partial charge in [0.25, 0.3) is 17.7 Å². The van der Waals surface area contributed by atoms with Crippen molar-refractivity contribution >= 4 is 51.9 Å². The summed E-state index contributed by atoms with van der Waals surface area (Å²) in [6.07, 6.45) is 4.26. The largest absolute Gasteiger partial charge is 0.381 e. The zero-order valence-electron chi connectivity index (χ0n) is 29.2. The monoisotopic (exact) mass is 733 g/mol. The third-order valence-electron chi connectivity index (χ3n) is 10.4. The van der Waals surface area contributed by atoms with Crippen LogP contribution < -0.4 is 20.4 Å². The number of benzene rings is 3. The summed E-state index contributed by atoms with van der Waals surface area (Å²) in [4.78, 5) is 50.7. The van der Waals surface area contributed by atoms with Crippen LogP contribution in [0.4, 0.5) is 31.7 Å². The van der Waals surface area contributed by atoms with Gasteiger partial charge in [-0.05, 0) is 98.8 Å². The van der Waals surface area contributed by atoms with Gasteiger partial charge in [0, 0.05) is 65.6 Å². The maximum atomic E-state index is 14.3. The molecule has 3 aromatic carbocycles. The van der Waals surface area contributed by atoms with Crippen LogP contribution in [0.25, 0.3) is 10.4 Å². The van der Waals surface area contributed by atoms with E-state index < -0.39 is 23.2 Å². The number of hydrogen-bond acceptors (Lipinski definition) is 7. The standard InChI is InChI=1S/C41H37F2N5O4S/c1-24-18-30(37(44-21-24)47-22-41(23-47)14-16-52-17-15-41)38(49)45-28-12-10-26(11-13-28)40(51)48-25(2)19-27-20-34(53-36(27)29-6-3-4-9-33(29)48)39(50)46-35-31(42)7-5-8-32(35)43/h3-13,18,20-21,25H,14-17,19,22-23H2,1-2H3,(H,45,49)(H,46,50)/t25-/m1/s1. The predicted molar refractivity (Wildman–Crippen MR) is 202 cm³/mol. The number of carbonyl (C=O) groups is 3. The molecular formula is C41H37F2N5O4S. The molecule has 2 N–H and O–H groups in total. The van der Waals surface area contributed by atoms with Crippen LogP contribution >= 0.6 is 11.3 Å². The molecule has 270 valence electrons. The molecule has 3 aliphatic heterocycles. The summed E-state index contributed by atoms with van der Waals surface area (Å²) in [6, 6.07) is 21.1. The van der Waals surface area contributed by atoms with Gasteiger partial charge in [0.05, 0.1) is 16.1 Å². The minimum atomic E-state index is -0.858. The van der Waals surface area contributed by atoms with E-state index in [0.29, 0.717) is 39.6 Å². The Hall–Kier alpha value is -5.46. The molecule has 0 aliphatic carbocycles. The summed E-state index contributed by atoms with van der Waals surface area (Å²) in [5, 5.41) is 5.38. The van der Waals surface area contributed by atoms with Crippen LogP contribution in [-0.2, 0) is 11.2 Å². The highest BCUT2D eigenvalue weighted by atomic mass is 32.1. The van der Waals surface area contributed by atoms with Crippen LogP contribution in [0.15, 0.2) is 85.1 Å². The number of amides is 3. The minimum absolute atomic E-state index is 0.212. The molecule has 0 saturated carbocycles. The number of pyridine rings is 1. The average Bonchev–Trinajstić information content (AvgIpc) is 3.52. The fourth-order valence-corrected chi connectivity index (χ4v) is 8.71. The Labute approximate surface area is 309 Å². The first-order valence-electron chi connectivity index (χ1n) is 17.6. The van der Waals surface area contributed by atoms with Crippen LogP contribution in [0.2, 0.25) is 0 Å². The van der Waals surface area contributed by atoms with Crippen LogP contribution in [0.5, 0.6) is 0 Å². The summed E-state index contributed by atoms with van der Waals surface area (Å²) in [7, 11) is 0. The maximum Gasteiger partial charge on any atom is 0.265 e. The van der Waals surface area contributed by atoms with E-state index in [0.717, 1.165) is 72.8 Å². The first-order valence-corrected chi connectivity index (χ1v) is 18.4. The predicted octanol–water partition coefficient (Wildman–Crippen LogP) is 8.11. The lowest BCUT2D eigenvalue weighted by Gasteiger charge is -2.53. The van der Waals surface area contributed by atoms with Crippen molar-refractivity contribution in [3.63, 3.8) is 0 Å². The summed E-state index contributed by atoms with van der Waals surface area (Å²) in [5.41, 5.74) is 4.44. The van der Waals surface area contributed by atoms with E-state index in [1.54, 1.807) is 41.4 Å². The summed E-state index contributed by atoms with van der Waals surface area (Å²) in [5.74, 6) is -2.14. The highest BCUT2D eigenvalue weighted by Gasteiger charge is 2.45. The summed E-state index contributed by atoms with van der Waals surface area (Å²) in [6.45, 7) is 7.09. The second kappa shape index (κ2) is 13.8. The molecule has 9 nitrogen and oxygen atoms in total. The number of fused-ring (bicyclic) bond motifs is 3. The number of nitrogens with zero attached hydrogens (tertiary/aromatic N) is 3.